The molecule has 5 nitrogen and oxygen atoms in total. The van der Waals surface area contributed by atoms with Crippen molar-refractivity contribution in [2.45, 2.75) is 32.2 Å². The Morgan fingerprint density at radius 2 is 1.96 bits per heavy atom. The number of benzene rings is 1. The number of ether oxygens (including phenoxy) is 1. The van der Waals surface area contributed by atoms with Crippen LogP contribution >= 0.6 is 11.6 Å². The summed E-state index contributed by atoms with van der Waals surface area (Å²) in [7, 11) is 0. The molecule has 28 heavy (non-hydrogen) atoms. The molecule has 1 aromatic heterocycles. The number of halogens is 4. The van der Waals surface area contributed by atoms with Crippen LogP contribution in [0.2, 0.25) is 5.02 Å². The van der Waals surface area contributed by atoms with Gasteiger partial charge in [-0.25, -0.2) is 0 Å². The quantitative estimate of drug-likeness (QED) is 0.807. The molecular formula is C19H19ClF3N3O2. The number of piperidine rings is 1. The Morgan fingerprint density at radius 3 is 2.57 bits per heavy atom. The summed E-state index contributed by atoms with van der Waals surface area (Å²) in [4.78, 5) is 17.7. The van der Waals surface area contributed by atoms with Gasteiger partial charge in [0, 0.05) is 43.5 Å². The second-order valence-electron chi connectivity index (χ2n) is 6.55. The summed E-state index contributed by atoms with van der Waals surface area (Å²) in [6, 6.07) is 7.99. The number of anilines is 1. The first kappa shape index (κ1) is 20.3. The molecule has 0 unspecified atom stereocenters. The van der Waals surface area contributed by atoms with Crippen molar-refractivity contribution < 1.29 is 22.7 Å². The zero-order chi connectivity index (χ0) is 20.3. The van der Waals surface area contributed by atoms with Gasteiger partial charge in [-0.05, 0) is 43.2 Å². The molecule has 1 aliphatic rings. The summed E-state index contributed by atoms with van der Waals surface area (Å²) in [5, 5.41) is 2.79. The summed E-state index contributed by atoms with van der Waals surface area (Å²) in [5.41, 5.74) is 2.15. The average molecular weight is 414 g/mol. The van der Waals surface area contributed by atoms with Gasteiger partial charge >= 0.3 is 6.36 Å². The van der Waals surface area contributed by atoms with E-state index in [9.17, 15) is 18.0 Å². The van der Waals surface area contributed by atoms with Gasteiger partial charge in [-0.3, -0.25) is 9.78 Å². The number of nitrogens with one attached hydrogen (secondary N) is 1. The third-order valence-electron chi connectivity index (χ3n) is 4.46. The van der Waals surface area contributed by atoms with Crippen LogP contribution in [0.5, 0.6) is 5.75 Å². The Labute approximate surface area is 165 Å². The Hall–Kier alpha value is -2.48. The number of rotatable bonds is 4. The average Bonchev–Trinajstić information content (AvgIpc) is 2.63. The molecule has 0 radical (unpaired) electrons. The molecule has 2 heterocycles. The normalized spacial score (nSPS) is 15.4. The predicted octanol–water partition coefficient (Wildman–Crippen LogP) is 4.41. The molecular weight excluding hydrogens is 395 g/mol. The molecule has 1 amide bonds. The van der Waals surface area contributed by atoms with Crippen LogP contribution in [0.25, 0.3) is 11.3 Å². The standard InChI is InChI=1S/C19H19ClF3N3O2/c1-12(27)25-14-5-8-26(9-6-14)15-4-7-24-17(11-15)13-2-3-18(16(20)10-13)28-19(21,22)23/h2-4,7,10-11,14H,5-6,8-9H2,1H3,(H,25,27). The van der Waals surface area contributed by atoms with Crippen LogP contribution in [0.1, 0.15) is 19.8 Å². The topological polar surface area (TPSA) is 54.5 Å². The van der Waals surface area contributed by atoms with E-state index in [0.717, 1.165) is 31.6 Å². The predicted molar refractivity (Wildman–Crippen MR) is 100 cm³/mol. The lowest BCUT2D eigenvalue weighted by atomic mass is 10.0. The highest BCUT2D eigenvalue weighted by molar-refractivity contribution is 6.32. The lowest BCUT2D eigenvalue weighted by Gasteiger charge is -2.33. The van der Waals surface area contributed by atoms with Crippen molar-refractivity contribution in [2.75, 3.05) is 18.0 Å². The Kier molecular flexibility index (Phi) is 5.98. The van der Waals surface area contributed by atoms with Crippen molar-refractivity contribution in [3.8, 4) is 17.0 Å². The Morgan fingerprint density at radius 1 is 1.25 bits per heavy atom. The van der Waals surface area contributed by atoms with E-state index >= 15 is 0 Å². The molecule has 1 aromatic carbocycles. The largest absolute Gasteiger partial charge is 0.573 e. The van der Waals surface area contributed by atoms with Crippen LogP contribution in [-0.2, 0) is 4.79 Å². The smallest absolute Gasteiger partial charge is 0.404 e. The molecule has 1 saturated heterocycles. The maximum Gasteiger partial charge on any atom is 0.573 e. The Bertz CT molecular complexity index is 853. The maximum atomic E-state index is 12.4. The van der Waals surface area contributed by atoms with E-state index in [1.807, 2.05) is 12.1 Å². The fraction of sp³-hybridized carbons (Fsp3) is 0.368. The number of pyridine rings is 1. The van der Waals surface area contributed by atoms with E-state index in [2.05, 4.69) is 19.9 Å². The molecule has 0 aliphatic carbocycles. The van der Waals surface area contributed by atoms with Gasteiger partial charge < -0.3 is 15.0 Å². The third kappa shape index (κ3) is 5.28. The second kappa shape index (κ2) is 8.26. The maximum absolute atomic E-state index is 12.4. The zero-order valence-corrected chi connectivity index (χ0v) is 15.8. The third-order valence-corrected chi connectivity index (χ3v) is 4.76. The monoisotopic (exact) mass is 413 g/mol. The molecule has 2 aromatic rings. The first-order valence-electron chi connectivity index (χ1n) is 8.75. The molecule has 3 rings (SSSR count). The van der Waals surface area contributed by atoms with Crippen LogP contribution in [-0.4, -0.2) is 36.4 Å². The zero-order valence-electron chi connectivity index (χ0n) is 15.1. The number of nitrogens with zero attached hydrogens (tertiary/aromatic N) is 2. The van der Waals surface area contributed by atoms with E-state index in [4.69, 9.17) is 11.6 Å². The molecule has 0 bridgehead atoms. The minimum Gasteiger partial charge on any atom is -0.404 e. The molecule has 150 valence electrons. The fourth-order valence-corrected chi connectivity index (χ4v) is 3.43. The Balaban J connectivity index is 1.73. The first-order chi connectivity index (χ1) is 13.2. The second-order valence-corrected chi connectivity index (χ2v) is 6.96. The number of hydrogen-bond acceptors (Lipinski definition) is 4. The van der Waals surface area contributed by atoms with Crippen molar-refractivity contribution >= 4 is 23.2 Å². The van der Waals surface area contributed by atoms with Gasteiger partial charge in [0.05, 0.1) is 10.7 Å². The number of amides is 1. The summed E-state index contributed by atoms with van der Waals surface area (Å²) >= 11 is 5.93. The number of hydrogen-bond donors (Lipinski definition) is 1. The highest BCUT2D eigenvalue weighted by Crippen LogP contribution is 2.34. The van der Waals surface area contributed by atoms with Gasteiger partial charge in [-0.1, -0.05) is 11.6 Å². The van der Waals surface area contributed by atoms with Gasteiger partial charge in [-0.2, -0.15) is 0 Å². The van der Waals surface area contributed by atoms with E-state index < -0.39 is 12.1 Å². The van der Waals surface area contributed by atoms with Gasteiger partial charge in [0.1, 0.15) is 5.75 Å². The van der Waals surface area contributed by atoms with E-state index in [1.54, 1.807) is 6.20 Å². The summed E-state index contributed by atoms with van der Waals surface area (Å²) in [6.07, 6.45) is -1.47. The van der Waals surface area contributed by atoms with Crippen LogP contribution in [0.4, 0.5) is 18.9 Å². The molecule has 1 fully saturated rings. The summed E-state index contributed by atoms with van der Waals surface area (Å²) in [6.45, 7) is 3.08. The summed E-state index contributed by atoms with van der Waals surface area (Å²) in [5.74, 6) is -0.478. The van der Waals surface area contributed by atoms with Crippen LogP contribution in [0, 0.1) is 0 Å². The molecule has 1 aliphatic heterocycles. The molecule has 9 heteroatoms. The van der Waals surface area contributed by atoms with Crippen LogP contribution in [0.15, 0.2) is 36.5 Å². The van der Waals surface area contributed by atoms with Gasteiger partial charge in [0.15, 0.2) is 0 Å². The van der Waals surface area contributed by atoms with E-state index in [1.165, 1.54) is 25.1 Å². The van der Waals surface area contributed by atoms with Crippen molar-refractivity contribution in [3.05, 3.63) is 41.6 Å². The fourth-order valence-electron chi connectivity index (χ4n) is 3.21. The number of carbonyl (C=O) groups excluding carboxylic acids is 1. The highest BCUT2D eigenvalue weighted by Gasteiger charge is 2.32. The van der Waals surface area contributed by atoms with Gasteiger partial charge in [0.2, 0.25) is 5.91 Å². The molecule has 1 N–H and O–H groups in total. The number of aromatic nitrogens is 1. The lowest BCUT2D eigenvalue weighted by Crippen LogP contribution is -2.44. The molecule has 0 atom stereocenters. The van der Waals surface area contributed by atoms with E-state index in [-0.39, 0.29) is 17.0 Å². The SMILES string of the molecule is CC(=O)NC1CCN(c2ccnc(-c3ccc(OC(F)(F)F)c(Cl)c3)c2)CC1. The van der Waals surface area contributed by atoms with Crippen molar-refractivity contribution in [1.29, 1.82) is 0 Å². The highest BCUT2D eigenvalue weighted by atomic mass is 35.5. The van der Waals surface area contributed by atoms with E-state index in [0.29, 0.717) is 11.3 Å². The lowest BCUT2D eigenvalue weighted by molar-refractivity contribution is -0.274. The summed E-state index contributed by atoms with van der Waals surface area (Å²) < 4.78 is 41.0. The minimum atomic E-state index is -4.80. The number of carbonyl (C=O) groups is 1. The van der Waals surface area contributed by atoms with Gasteiger partial charge in [0.25, 0.3) is 0 Å². The minimum absolute atomic E-state index is 0.0283. The van der Waals surface area contributed by atoms with Crippen molar-refractivity contribution in [2.24, 2.45) is 0 Å². The first-order valence-corrected chi connectivity index (χ1v) is 9.13. The van der Waals surface area contributed by atoms with Gasteiger partial charge in [-0.15, -0.1) is 13.2 Å². The molecule has 0 spiro atoms. The van der Waals surface area contributed by atoms with Crippen LogP contribution < -0.4 is 15.0 Å². The van der Waals surface area contributed by atoms with Crippen molar-refractivity contribution in [1.82, 2.24) is 10.3 Å². The number of alkyl halides is 3. The van der Waals surface area contributed by atoms with Crippen molar-refractivity contribution in [3.63, 3.8) is 0 Å². The molecule has 0 saturated carbocycles. The van der Waals surface area contributed by atoms with Crippen LogP contribution in [0.3, 0.4) is 0 Å².